The Labute approximate surface area is 124 Å². The van der Waals surface area contributed by atoms with E-state index in [9.17, 15) is 0 Å². The Hall–Kier alpha value is -0.860. The Balaban J connectivity index is 2.96. The molecule has 0 saturated heterocycles. The van der Waals surface area contributed by atoms with Crippen LogP contribution >= 0.6 is 0 Å². The van der Waals surface area contributed by atoms with Crippen molar-refractivity contribution < 1.29 is 4.74 Å². The molecule has 114 valence electrons. The van der Waals surface area contributed by atoms with E-state index in [1.54, 1.807) is 0 Å². The van der Waals surface area contributed by atoms with Crippen molar-refractivity contribution in [2.75, 3.05) is 20.3 Å². The van der Waals surface area contributed by atoms with E-state index in [0.29, 0.717) is 6.04 Å². The largest absolute Gasteiger partial charge is 0.380 e. The molecule has 0 aliphatic carbocycles. The molecule has 0 saturated carbocycles. The molecule has 1 aromatic carbocycles. The Morgan fingerprint density at radius 3 is 2.10 bits per heavy atom. The van der Waals surface area contributed by atoms with Crippen LogP contribution in [0, 0.1) is 13.8 Å². The van der Waals surface area contributed by atoms with Gasteiger partial charge in [-0.15, -0.1) is 0 Å². The van der Waals surface area contributed by atoms with Crippen LogP contribution in [0.1, 0.15) is 49.9 Å². The van der Waals surface area contributed by atoms with Crippen LogP contribution in [-0.4, -0.2) is 26.3 Å². The summed E-state index contributed by atoms with van der Waals surface area (Å²) in [7, 11) is 2.01. The molecule has 0 amide bonds. The van der Waals surface area contributed by atoms with Gasteiger partial charge in [-0.3, -0.25) is 0 Å². The minimum atomic E-state index is 0.210. The third-order valence-corrected chi connectivity index (χ3v) is 3.94. The first-order valence-electron chi connectivity index (χ1n) is 7.65. The number of aryl methyl sites for hydroxylation is 2. The fourth-order valence-electron chi connectivity index (χ4n) is 2.50. The van der Waals surface area contributed by atoms with E-state index in [1.165, 1.54) is 22.3 Å². The van der Waals surface area contributed by atoms with Gasteiger partial charge < -0.3 is 10.1 Å². The maximum Gasteiger partial charge on any atom is 0.0622 e. The van der Waals surface area contributed by atoms with Gasteiger partial charge in [0.1, 0.15) is 0 Å². The molecule has 2 heteroatoms. The summed E-state index contributed by atoms with van der Waals surface area (Å²) in [6, 6.07) is 5.07. The van der Waals surface area contributed by atoms with Gasteiger partial charge in [0, 0.05) is 12.6 Å². The second kappa shape index (κ2) is 7.24. The van der Waals surface area contributed by atoms with Crippen molar-refractivity contribution in [3.63, 3.8) is 0 Å². The van der Waals surface area contributed by atoms with Crippen molar-refractivity contribution >= 4 is 0 Å². The third kappa shape index (κ3) is 4.60. The van der Waals surface area contributed by atoms with Crippen LogP contribution in [0.25, 0.3) is 0 Å². The van der Waals surface area contributed by atoms with Crippen LogP contribution in [0.5, 0.6) is 0 Å². The van der Waals surface area contributed by atoms with Crippen LogP contribution in [0.4, 0.5) is 0 Å². The minimum Gasteiger partial charge on any atom is -0.380 e. The fraction of sp³-hybridized carbons (Fsp3) is 0.667. The van der Waals surface area contributed by atoms with Crippen molar-refractivity contribution in [3.8, 4) is 0 Å². The van der Waals surface area contributed by atoms with Gasteiger partial charge in [-0.05, 0) is 61.9 Å². The van der Waals surface area contributed by atoms with Crippen LogP contribution in [0.2, 0.25) is 0 Å². The molecular weight excluding hydrogens is 246 g/mol. The van der Waals surface area contributed by atoms with E-state index < -0.39 is 0 Å². The maximum atomic E-state index is 5.55. The number of likely N-dealkylation sites (N-methyl/N-ethyl adjacent to an activating group) is 1. The maximum absolute atomic E-state index is 5.55. The Morgan fingerprint density at radius 2 is 1.70 bits per heavy atom. The van der Waals surface area contributed by atoms with Gasteiger partial charge >= 0.3 is 0 Å². The molecule has 0 fully saturated rings. The van der Waals surface area contributed by atoms with Crippen molar-refractivity contribution in [3.05, 3.63) is 34.4 Å². The zero-order valence-electron chi connectivity index (χ0n) is 14.3. The summed E-state index contributed by atoms with van der Waals surface area (Å²) in [6.45, 7) is 14.9. The molecule has 0 spiro atoms. The average molecular weight is 277 g/mol. The Kier molecular flexibility index (Phi) is 6.22. The van der Waals surface area contributed by atoms with Gasteiger partial charge in [0.25, 0.3) is 0 Å². The second-order valence-electron chi connectivity index (χ2n) is 6.69. The lowest BCUT2D eigenvalue weighted by Gasteiger charge is -2.24. The van der Waals surface area contributed by atoms with E-state index in [4.69, 9.17) is 4.74 Å². The number of nitrogens with one attached hydrogen (secondary N) is 1. The van der Waals surface area contributed by atoms with Crippen LogP contribution in [-0.2, 0) is 16.6 Å². The first-order valence-corrected chi connectivity index (χ1v) is 7.65. The first kappa shape index (κ1) is 17.2. The summed E-state index contributed by atoms with van der Waals surface area (Å²) in [5, 5.41) is 3.36. The van der Waals surface area contributed by atoms with E-state index in [-0.39, 0.29) is 5.41 Å². The van der Waals surface area contributed by atoms with Crippen molar-refractivity contribution in [2.45, 2.75) is 59.4 Å². The van der Waals surface area contributed by atoms with Gasteiger partial charge in [0.2, 0.25) is 0 Å². The normalized spacial score (nSPS) is 13.6. The van der Waals surface area contributed by atoms with Gasteiger partial charge in [-0.1, -0.05) is 32.9 Å². The zero-order valence-corrected chi connectivity index (χ0v) is 14.3. The van der Waals surface area contributed by atoms with Gasteiger partial charge in [-0.25, -0.2) is 0 Å². The van der Waals surface area contributed by atoms with Crippen molar-refractivity contribution in [1.82, 2.24) is 5.32 Å². The predicted molar refractivity (Wildman–Crippen MR) is 87.7 cm³/mol. The summed E-state index contributed by atoms with van der Waals surface area (Å²) < 4.78 is 5.55. The molecule has 0 aromatic heterocycles. The average Bonchev–Trinajstić information content (AvgIpc) is 2.36. The number of hydrogen-bond donors (Lipinski definition) is 1. The monoisotopic (exact) mass is 277 g/mol. The smallest absolute Gasteiger partial charge is 0.0622 e. The Bertz CT molecular complexity index is 409. The lowest BCUT2D eigenvalue weighted by molar-refractivity contribution is 0.125. The minimum absolute atomic E-state index is 0.210. The second-order valence-corrected chi connectivity index (χ2v) is 6.69. The van der Waals surface area contributed by atoms with Gasteiger partial charge in [0.15, 0.2) is 0 Å². The van der Waals surface area contributed by atoms with E-state index in [1.807, 2.05) is 14.0 Å². The third-order valence-electron chi connectivity index (χ3n) is 3.94. The molecular formula is C18H31NO. The highest BCUT2D eigenvalue weighted by Crippen LogP contribution is 2.27. The van der Waals surface area contributed by atoms with Crippen molar-refractivity contribution in [1.29, 1.82) is 0 Å². The molecule has 1 N–H and O–H groups in total. The lowest BCUT2D eigenvalue weighted by atomic mass is 9.83. The molecule has 0 heterocycles. The molecule has 20 heavy (non-hydrogen) atoms. The highest BCUT2D eigenvalue weighted by molar-refractivity contribution is 5.41. The van der Waals surface area contributed by atoms with Gasteiger partial charge in [-0.2, -0.15) is 0 Å². The predicted octanol–water partition coefficient (Wildman–Crippen LogP) is 3.77. The number of hydrogen-bond acceptors (Lipinski definition) is 2. The van der Waals surface area contributed by atoms with Gasteiger partial charge in [0.05, 0.1) is 6.61 Å². The highest BCUT2D eigenvalue weighted by atomic mass is 16.5. The summed E-state index contributed by atoms with van der Waals surface area (Å²) in [5.41, 5.74) is 5.87. The molecule has 1 aromatic rings. The fourth-order valence-corrected chi connectivity index (χ4v) is 2.50. The standard InChI is InChI=1S/C18H31NO/c1-8-20-12-16(19-7)11-17-13(2)9-15(10-14(17)3)18(4,5)6/h9-10,16,19H,8,11-12H2,1-7H3. The molecule has 1 atom stereocenters. The molecule has 1 unspecified atom stereocenters. The van der Waals surface area contributed by atoms with E-state index >= 15 is 0 Å². The van der Waals surface area contributed by atoms with Crippen molar-refractivity contribution in [2.24, 2.45) is 0 Å². The van der Waals surface area contributed by atoms with Crippen LogP contribution < -0.4 is 5.32 Å². The number of ether oxygens (including phenoxy) is 1. The summed E-state index contributed by atoms with van der Waals surface area (Å²) in [5.74, 6) is 0. The quantitative estimate of drug-likeness (QED) is 0.854. The van der Waals surface area contributed by atoms with Crippen LogP contribution in [0.3, 0.4) is 0 Å². The number of benzene rings is 1. The summed E-state index contributed by atoms with van der Waals surface area (Å²) in [6.07, 6.45) is 1.03. The first-order chi connectivity index (χ1) is 9.29. The molecule has 0 aliphatic rings. The molecule has 1 rings (SSSR count). The molecule has 0 radical (unpaired) electrons. The summed E-state index contributed by atoms with van der Waals surface area (Å²) >= 11 is 0. The lowest BCUT2D eigenvalue weighted by Crippen LogP contribution is -2.33. The Morgan fingerprint density at radius 1 is 1.15 bits per heavy atom. The highest BCUT2D eigenvalue weighted by Gasteiger charge is 2.17. The van der Waals surface area contributed by atoms with E-state index in [2.05, 4.69) is 52.1 Å². The SMILES string of the molecule is CCOCC(Cc1c(C)cc(C(C)(C)C)cc1C)NC. The number of rotatable bonds is 6. The topological polar surface area (TPSA) is 21.3 Å². The zero-order chi connectivity index (χ0) is 15.3. The molecule has 0 bridgehead atoms. The molecule has 0 aliphatic heterocycles. The van der Waals surface area contributed by atoms with E-state index in [0.717, 1.165) is 19.6 Å². The van der Waals surface area contributed by atoms with Crippen LogP contribution in [0.15, 0.2) is 12.1 Å². The molecule has 2 nitrogen and oxygen atoms in total. The summed E-state index contributed by atoms with van der Waals surface area (Å²) in [4.78, 5) is 0.